The van der Waals surface area contributed by atoms with Gasteiger partial charge in [-0.15, -0.1) is 0 Å². The number of benzene rings is 1. The van der Waals surface area contributed by atoms with Gasteiger partial charge in [-0.05, 0) is 19.1 Å². The van der Waals surface area contributed by atoms with Crippen molar-refractivity contribution in [3.8, 4) is 6.07 Å². The van der Waals surface area contributed by atoms with E-state index in [1.165, 1.54) is 20.7 Å². The molecule has 0 atom stereocenters. The number of carbonyl (C=O) groups is 1. The van der Waals surface area contributed by atoms with Gasteiger partial charge in [0.15, 0.2) is 0 Å². The van der Waals surface area contributed by atoms with Crippen molar-refractivity contribution in [2.75, 3.05) is 64.7 Å². The van der Waals surface area contributed by atoms with Gasteiger partial charge in [-0.2, -0.15) is 13.9 Å². The van der Waals surface area contributed by atoms with Crippen molar-refractivity contribution in [1.82, 2.24) is 18.4 Å². The Morgan fingerprint density at radius 2 is 1.52 bits per heavy atom. The van der Waals surface area contributed by atoms with Crippen LogP contribution in [0.5, 0.6) is 0 Å². The summed E-state index contributed by atoms with van der Waals surface area (Å²) in [7, 11) is -7.02. The van der Waals surface area contributed by atoms with Crippen molar-refractivity contribution < 1.29 is 21.6 Å². The molecule has 0 bridgehead atoms. The molecule has 2 fully saturated rings. The van der Waals surface area contributed by atoms with Gasteiger partial charge in [0.25, 0.3) is 0 Å². The van der Waals surface area contributed by atoms with Gasteiger partial charge >= 0.3 is 0 Å². The van der Waals surface area contributed by atoms with E-state index in [0.29, 0.717) is 26.2 Å². The number of amides is 1. The van der Waals surface area contributed by atoms with Gasteiger partial charge < -0.3 is 4.90 Å². The lowest BCUT2D eigenvalue weighted by Gasteiger charge is -2.37. The van der Waals surface area contributed by atoms with Crippen LogP contribution in [0.4, 0.5) is 0 Å². The first-order valence-corrected chi connectivity index (χ1v) is 13.2. The number of hydrogen-bond donors (Lipinski definition) is 0. The van der Waals surface area contributed by atoms with Crippen molar-refractivity contribution in [2.45, 2.75) is 11.8 Å². The van der Waals surface area contributed by atoms with Crippen molar-refractivity contribution >= 4 is 26.0 Å². The molecule has 0 aromatic heterocycles. The minimum Gasteiger partial charge on any atom is -0.339 e. The summed E-state index contributed by atoms with van der Waals surface area (Å²) in [6.07, 6.45) is 0. The molecule has 0 N–H and O–H groups in total. The first-order valence-electron chi connectivity index (χ1n) is 10.2. The van der Waals surface area contributed by atoms with E-state index in [0.717, 1.165) is 0 Å². The first kappa shape index (κ1) is 23.6. The fourth-order valence-electron chi connectivity index (χ4n) is 3.74. The number of hydrogen-bond acceptors (Lipinski definition) is 7. The Labute approximate surface area is 183 Å². The molecule has 0 radical (unpaired) electrons. The van der Waals surface area contributed by atoms with E-state index in [-0.39, 0.29) is 54.8 Å². The number of nitrogens with zero attached hydrogens (tertiary/aromatic N) is 5. The average Bonchev–Trinajstić information content (AvgIpc) is 2.79. The third-order valence-electron chi connectivity index (χ3n) is 5.66. The Kier molecular flexibility index (Phi) is 7.33. The molecular formula is C19H27N5O5S2. The maximum absolute atomic E-state index is 12.9. The van der Waals surface area contributed by atoms with Crippen LogP contribution in [-0.4, -0.2) is 106 Å². The molecule has 1 aromatic rings. The molecule has 2 saturated heterocycles. The van der Waals surface area contributed by atoms with Gasteiger partial charge in [0.05, 0.1) is 22.8 Å². The van der Waals surface area contributed by atoms with E-state index in [1.54, 1.807) is 24.0 Å². The topological polar surface area (TPSA) is 122 Å². The number of piperazine rings is 2. The van der Waals surface area contributed by atoms with E-state index < -0.39 is 20.0 Å². The highest BCUT2D eigenvalue weighted by Gasteiger charge is 2.32. The van der Waals surface area contributed by atoms with Gasteiger partial charge in [-0.1, -0.05) is 12.1 Å². The zero-order valence-corrected chi connectivity index (χ0v) is 19.1. The fourth-order valence-corrected chi connectivity index (χ4v) is 6.39. The number of rotatable bonds is 6. The lowest BCUT2D eigenvalue weighted by atomic mass is 10.2. The summed E-state index contributed by atoms with van der Waals surface area (Å²) >= 11 is 0. The van der Waals surface area contributed by atoms with Crippen LogP contribution in [0.1, 0.15) is 12.5 Å². The molecule has 0 unspecified atom stereocenters. The van der Waals surface area contributed by atoms with Crippen molar-refractivity contribution in [2.24, 2.45) is 0 Å². The van der Waals surface area contributed by atoms with Crippen LogP contribution in [0.15, 0.2) is 29.2 Å². The normalized spacial score (nSPS) is 19.8. The third-order valence-corrected chi connectivity index (χ3v) is 9.50. The molecule has 0 spiro atoms. The summed E-state index contributed by atoms with van der Waals surface area (Å²) in [6.45, 7) is 4.39. The quantitative estimate of drug-likeness (QED) is 0.543. The van der Waals surface area contributed by atoms with Gasteiger partial charge in [0, 0.05) is 52.4 Å². The Morgan fingerprint density at radius 1 is 0.935 bits per heavy atom. The monoisotopic (exact) mass is 469 g/mol. The second-order valence-corrected chi connectivity index (χ2v) is 11.6. The second kappa shape index (κ2) is 9.62. The average molecular weight is 470 g/mol. The van der Waals surface area contributed by atoms with E-state index in [1.807, 2.05) is 11.0 Å². The Balaban J connectivity index is 1.53. The summed E-state index contributed by atoms with van der Waals surface area (Å²) in [5.41, 5.74) is 0.102. The van der Waals surface area contributed by atoms with E-state index in [2.05, 4.69) is 0 Å². The molecule has 1 aromatic carbocycles. The van der Waals surface area contributed by atoms with Gasteiger partial charge in [0.2, 0.25) is 26.0 Å². The Bertz CT molecular complexity index is 1050. The second-order valence-electron chi connectivity index (χ2n) is 7.47. The lowest BCUT2D eigenvalue weighted by molar-refractivity contribution is -0.133. The van der Waals surface area contributed by atoms with Crippen LogP contribution in [0.25, 0.3) is 0 Å². The van der Waals surface area contributed by atoms with Gasteiger partial charge in [0.1, 0.15) is 6.07 Å². The highest BCUT2D eigenvalue weighted by Crippen LogP contribution is 2.21. The minimum atomic E-state index is -3.80. The summed E-state index contributed by atoms with van der Waals surface area (Å²) in [6, 6.07) is 8.00. The van der Waals surface area contributed by atoms with Crippen LogP contribution in [0.2, 0.25) is 0 Å². The summed E-state index contributed by atoms with van der Waals surface area (Å²) < 4.78 is 52.5. The Morgan fingerprint density at radius 3 is 2.10 bits per heavy atom. The molecule has 10 nitrogen and oxygen atoms in total. The molecule has 3 rings (SSSR count). The van der Waals surface area contributed by atoms with Crippen LogP contribution >= 0.6 is 0 Å². The third kappa shape index (κ3) is 5.24. The zero-order chi connectivity index (χ0) is 22.6. The van der Waals surface area contributed by atoms with Crippen LogP contribution in [-0.2, 0) is 24.8 Å². The van der Waals surface area contributed by atoms with Crippen molar-refractivity contribution in [1.29, 1.82) is 5.26 Å². The van der Waals surface area contributed by atoms with Crippen LogP contribution < -0.4 is 0 Å². The van der Waals surface area contributed by atoms with E-state index in [9.17, 15) is 26.9 Å². The molecule has 2 aliphatic rings. The van der Waals surface area contributed by atoms with Gasteiger partial charge in [-0.3, -0.25) is 9.69 Å². The molecule has 12 heteroatoms. The number of carbonyl (C=O) groups excluding carboxylic acids is 1. The predicted molar refractivity (Wildman–Crippen MR) is 114 cm³/mol. The van der Waals surface area contributed by atoms with Crippen LogP contribution in [0.3, 0.4) is 0 Å². The smallest absolute Gasteiger partial charge is 0.244 e. The fraction of sp³-hybridized carbons (Fsp3) is 0.579. The first-order chi connectivity index (χ1) is 14.7. The maximum Gasteiger partial charge on any atom is 0.244 e. The minimum absolute atomic E-state index is 0.0165. The molecule has 31 heavy (non-hydrogen) atoms. The highest BCUT2D eigenvalue weighted by molar-refractivity contribution is 7.89. The Hall–Kier alpha value is -2.04. The largest absolute Gasteiger partial charge is 0.339 e. The summed E-state index contributed by atoms with van der Waals surface area (Å²) in [5, 5.41) is 9.20. The zero-order valence-electron chi connectivity index (χ0n) is 17.5. The molecule has 2 heterocycles. The predicted octanol–water partition coefficient (Wildman–Crippen LogP) is -0.642. The molecule has 0 aliphatic carbocycles. The SMILES string of the molecule is CCS(=O)(=O)N1CCN(CC(=O)N2CCN(S(=O)(=O)c3ccccc3C#N)CC2)CC1. The van der Waals surface area contributed by atoms with E-state index in [4.69, 9.17) is 0 Å². The van der Waals surface area contributed by atoms with Crippen LogP contribution in [0, 0.1) is 11.3 Å². The molecule has 170 valence electrons. The number of sulfonamides is 2. The maximum atomic E-state index is 12.9. The van der Waals surface area contributed by atoms with Gasteiger partial charge in [-0.25, -0.2) is 16.8 Å². The molecular weight excluding hydrogens is 442 g/mol. The molecule has 2 aliphatic heterocycles. The van der Waals surface area contributed by atoms with Crippen molar-refractivity contribution in [3.05, 3.63) is 29.8 Å². The standard InChI is InChI=1S/C19H27N5O5S2/c1-2-30(26,27)23-11-7-21(8-12-23)16-19(25)22-9-13-24(14-10-22)31(28,29)18-6-4-3-5-17(18)15-20/h3-6H,2,7-14,16H2,1H3. The molecule has 0 saturated carbocycles. The summed E-state index contributed by atoms with van der Waals surface area (Å²) in [5.74, 6) is -0.0286. The highest BCUT2D eigenvalue weighted by atomic mass is 32.2. The lowest BCUT2D eigenvalue weighted by Crippen LogP contribution is -2.55. The van der Waals surface area contributed by atoms with Crippen molar-refractivity contribution in [3.63, 3.8) is 0 Å². The summed E-state index contributed by atoms with van der Waals surface area (Å²) in [4.78, 5) is 16.2. The number of nitriles is 1. The van der Waals surface area contributed by atoms with E-state index >= 15 is 0 Å². The molecule has 1 amide bonds.